The van der Waals surface area contributed by atoms with Gasteiger partial charge in [0.25, 0.3) is 0 Å². The van der Waals surface area contributed by atoms with Crippen molar-refractivity contribution in [3.05, 3.63) is 76.0 Å². The molecule has 0 spiro atoms. The minimum Gasteiger partial charge on any atom is -0.497 e. The van der Waals surface area contributed by atoms with Crippen LogP contribution in [0, 0.1) is 6.92 Å². The van der Waals surface area contributed by atoms with Crippen molar-refractivity contribution in [1.29, 1.82) is 0 Å². The Morgan fingerprint density at radius 2 is 1.88 bits per heavy atom. The molecule has 0 saturated carbocycles. The number of ether oxygens (including phenoxy) is 1. The molecule has 0 bridgehead atoms. The second-order valence-electron chi connectivity index (χ2n) is 7.99. The summed E-state index contributed by atoms with van der Waals surface area (Å²) in [4.78, 5) is 27.4. The van der Waals surface area contributed by atoms with Crippen LogP contribution >= 0.6 is 0 Å². The molecule has 3 aromatic heterocycles. The molecule has 0 unspecified atom stereocenters. The van der Waals surface area contributed by atoms with E-state index in [1.165, 1.54) is 6.07 Å². The van der Waals surface area contributed by atoms with Gasteiger partial charge in [-0.15, -0.1) is 0 Å². The van der Waals surface area contributed by atoms with Crippen LogP contribution < -0.4 is 15.5 Å². The van der Waals surface area contributed by atoms with Crippen LogP contribution in [-0.2, 0) is 11.2 Å². The van der Waals surface area contributed by atoms with Gasteiger partial charge >= 0.3 is 0 Å². The molecule has 33 heavy (non-hydrogen) atoms. The van der Waals surface area contributed by atoms with Crippen LogP contribution in [0.15, 0.2) is 66.8 Å². The lowest BCUT2D eigenvalue weighted by atomic mass is 10.0. The maximum atomic E-state index is 13.0. The molecule has 3 heterocycles. The first-order chi connectivity index (χ1) is 15.9. The number of fused-ring (bicyclic) bond motifs is 1. The summed E-state index contributed by atoms with van der Waals surface area (Å²) >= 11 is 0. The second kappa shape index (κ2) is 9.38. The number of rotatable bonds is 8. The number of methoxy groups -OCH3 is 1. The van der Waals surface area contributed by atoms with Gasteiger partial charge in [-0.25, -0.2) is 0 Å². The van der Waals surface area contributed by atoms with E-state index in [2.05, 4.69) is 5.32 Å². The molecule has 0 aliphatic carbocycles. The SMILES string of the molecule is COc1ccc(-c2oc3c(=O)cc(C)oc3c2CC(=O)NC[C@H](c2ccco2)N(C)C)cc1. The number of benzene rings is 1. The van der Waals surface area contributed by atoms with Gasteiger partial charge in [-0.2, -0.15) is 0 Å². The summed E-state index contributed by atoms with van der Waals surface area (Å²) in [7, 11) is 5.42. The maximum absolute atomic E-state index is 13.0. The molecule has 1 aromatic carbocycles. The van der Waals surface area contributed by atoms with Crippen molar-refractivity contribution in [2.75, 3.05) is 27.7 Å². The monoisotopic (exact) mass is 450 g/mol. The van der Waals surface area contributed by atoms with Crippen LogP contribution in [0.1, 0.15) is 23.1 Å². The van der Waals surface area contributed by atoms with Crippen molar-refractivity contribution in [3.8, 4) is 17.1 Å². The van der Waals surface area contributed by atoms with Crippen LogP contribution in [-0.4, -0.2) is 38.6 Å². The molecule has 1 N–H and O–H groups in total. The Morgan fingerprint density at radius 1 is 1.12 bits per heavy atom. The Kier molecular flexibility index (Phi) is 6.37. The highest BCUT2D eigenvalue weighted by Gasteiger charge is 2.24. The van der Waals surface area contributed by atoms with Gasteiger partial charge in [-0.3, -0.25) is 14.5 Å². The highest BCUT2D eigenvalue weighted by atomic mass is 16.5. The number of amides is 1. The van der Waals surface area contributed by atoms with Gasteiger partial charge in [0.1, 0.15) is 23.0 Å². The van der Waals surface area contributed by atoms with Crippen molar-refractivity contribution in [2.24, 2.45) is 0 Å². The van der Waals surface area contributed by atoms with E-state index < -0.39 is 0 Å². The number of hydrogen-bond acceptors (Lipinski definition) is 7. The van der Waals surface area contributed by atoms with Crippen molar-refractivity contribution < 1.29 is 22.8 Å². The largest absolute Gasteiger partial charge is 0.497 e. The van der Waals surface area contributed by atoms with Crippen LogP contribution in [0.5, 0.6) is 5.75 Å². The van der Waals surface area contributed by atoms with E-state index in [9.17, 15) is 9.59 Å². The summed E-state index contributed by atoms with van der Waals surface area (Å²) in [5.74, 6) is 2.09. The molecule has 1 atom stereocenters. The Bertz CT molecular complexity index is 1300. The zero-order valence-electron chi connectivity index (χ0n) is 19.0. The summed E-state index contributed by atoms with van der Waals surface area (Å²) in [5.41, 5.74) is 1.32. The van der Waals surface area contributed by atoms with Crippen LogP contribution in [0.4, 0.5) is 0 Å². The molecule has 172 valence electrons. The zero-order valence-corrected chi connectivity index (χ0v) is 19.0. The summed E-state index contributed by atoms with van der Waals surface area (Å²) in [5, 5.41) is 2.96. The van der Waals surface area contributed by atoms with E-state index in [-0.39, 0.29) is 35.0 Å². The number of likely N-dealkylation sites (N-methyl/N-ethyl adjacent to an activating group) is 1. The molecule has 1 amide bonds. The Morgan fingerprint density at radius 3 is 2.52 bits per heavy atom. The van der Waals surface area contributed by atoms with Gasteiger partial charge in [0.05, 0.1) is 31.4 Å². The van der Waals surface area contributed by atoms with Crippen molar-refractivity contribution in [3.63, 3.8) is 0 Å². The highest BCUT2D eigenvalue weighted by Crippen LogP contribution is 2.34. The first-order valence-corrected chi connectivity index (χ1v) is 10.5. The molecule has 0 aliphatic heterocycles. The average Bonchev–Trinajstić information content (AvgIpc) is 3.43. The summed E-state index contributed by atoms with van der Waals surface area (Å²) in [6.07, 6.45) is 1.59. The zero-order chi connectivity index (χ0) is 23.5. The molecule has 4 aromatic rings. The summed E-state index contributed by atoms with van der Waals surface area (Å²) < 4.78 is 22.5. The maximum Gasteiger partial charge on any atom is 0.228 e. The molecular formula is C25H26N2O6. The quantitative estimate of drug-likeness (QED) is 0.434. The fourth-order valence-corrected chi connectivity index (χ4v) is 3.75. The van der Waals surface area contributed by atoms with Gasteiger partial charge in [-0.1, -0.05) is 0 Å². The second-order valence-corrected chi connectivity index (χ2v) is 7.99. The van der Waals surface area contributed by atoms with Crippen LogP contribution in [0.25, 0.3) is 22.5 Å². The minimum absolute atomic E-state index is 0.0148. The molecular weight excluding hydrogens is 424 g/mol. The van der Waals surface area contributed by atoms with Gasteiger partial charge in [0.2, 0.25) is 16.9 Å². The first-order valence-electron chi connectivity index (χ1n) is 10.5. The number of hydrogen-bond donors (Lipinski definition) is 1. The van der Waals surface area contributed by atoms with Crippen molar-refractivity contribution in [2.45, 2.75) is 19.4 Å². The molecule has 0 saturated heterocycles. The molecule has 0 radical (unpaired) electrons. The van der Waals surface area contributed by atoms with Gasteiger partial charge in [0.15, 0.2) is 5.58 Å². The lowest BCUT2D eigenvalue weighted by Crippen LogP contribution is -2.35. The van der Waals surface area contributed by atoms with E-state index >= 15 is 0 Å². The standard InChI is InChI=1S/C25H26N2O6/c1-15-12-20(28)25-24(32-15)18(23(33-25)16-7-9-17(30-4)10-8-16)13-22(29)26-14-19(27(2)3)21-6-5-11-31-21/h5-12,19H,13-14H2,1-4H3,(H,26,29)/t19-/m1/s1. The van der Waals surface area contributed by atoms with Crippen LogP contribution in [0.3, 0.4) is 0 Å². The van der Waals surface area contributed by atoms with Gasteiger partial charge < -0.3 is 23.3 Å². The predicted octanol–water partition coefficient (Wildman–Crippen LogP) is 3.92. The predicted molar refractivity (Wildman–Crippen MR) is 123 cm³/mol. The topological polar surface area (TPSA) is 98.1 Å². The number of nitrogens with zero attached hydrogens (tertiary/aromatic N) is 1. The Balaban J connectivity index is 1.65. The third-order valence-corrected chi connectivity index (χ3v) is 5.46. The van der Waals surface area contributed by atoms with Crippen LogP contribution in [0.2, 0.25) is 0 Å². The number of nitrogens with one attached hydrogen (secondary N) is 1. The first kappa shape index (κ1) is 22.4. The Hall–Kier alpha value is -3.78. The number of furan rings is 2. The molecule has 8 heteroatoms. The minimum atomic E-state index is -0.291. The fraction of sp³-hybridized carbons (Fsp3) is 0.280. The lowest BCUT2D eigenvalue weighted by Gasteiger charge is -2.22. The van der Waals surface area contributed by atoms with E-state index in [0.717, 1.165) is 5.76 Å². The lowest BCUT2D eigenvalue weighted by molar-refractivity contribution is -0.120. The third-order valence-electron chi connectivity index (χ3n) is 5.46. The number of carbonyl (C=O) groups is 1. The molecule has 0 fully saturated rings. The average molecular weight is 450 g/mol. The smallest absolute Gasteiger partial charge is 0.228 e. The van der Waals surface area contributed by atoms with E-state index in [4.69, 9.17) is 18.0 Å². The fourth-order valence-electron chi connectivity index (χ4n) is 3.75. The van der Waals surface area contributed by atoms with Gasteiger partial charge in [0, 0.05) is 18.2 Å². The normalized spacial score (nSPS) is 12.3. The molecule has 4 rings (SSSR count). The third kappa shape index (κ3) is 4.70. The summed E-state index contributed by atoms with van der Waals surface area (Å²) in [6, 6.07) is 12.2. The van der Waals surface area contributed by atoms with Gasteiger partial charge in [-0.05, 0) is 57.4 Å². The number of aryl methyl sites for hydroxylation is 1. The molecule has 8 nitrogen and oxygen atoms in total. The number of carbonyl (C=O) groups excluding carboxylic acids is 1. The Labute approximate surface area is 190 Å². The molecule has 0 aliphatic rings. The van der Waals surface area contributed by atoms with Crippen molar-refractivity contribution >= 4 is 17.1 Å². The van der Waals surface area contributed by atoms with E-state index in [1.807, 2.05) is 43.3 Å². The summed E-state index contributed by atoms with van der Waals surface area (Å²) in [6.45, 7) is 2.05. The highest BCUT2D eigenvalue weighted by molar-refractivity contribution is 5.90. The van der Waals surface area contributed by atoms with E-state index in [1.54, 1.807) is 32.4 Å². The van der Waals surface area contributed by atoms with E-state index in [0.29, 0.717) is 34.9 Å². The van der Waals surface area contributed by atoms with Crippen molar-refractivity contribution in [1.82, 2.24) is 10.2 Å².